The van der Waals surface area contributed by atoms with E-state index in [1.807, 2.05) is 57.2 Å². The van der Waals surface area contributed by atoms with E-state index < -0.39 is 6.04 Å². The third-order valence-corrected chi connectivity index (χ3v) is 6.16. The lowest BCUT2D eigenvalue weighted by atomic mass is 10.0. The molecule has 0 bridgehead atoms. The lowest BCUT2D eigenvalue weighted by molar-refractivity contribution is -0.118. The summed E-state index contributed by atoms with van der Waals surface area (Å²) in [4.78, 5) is 40.5. The summed E-state index contributed by atoms with van der Waals surface area (Å²) in [6.45, 7) is 6.30. The molecule has 1 aliphatic heterocycles. The van der Waals surface area contributed by atoms with E-state index in [1.54, 1.807) is 41.3 Å². The van der Waals surface area contributed by atoms with Gasteiger partial charge in [0.05, 0.1) is 0 Å². The normalized spacial score (nSPS) is 13.4. The van der Waals surface area contributed by atoms with Gasteiger partial charge in [-0.1, -0.05) is 50.2 Å². The molecule has 0 spiro atoms. The number of hydrogen-bond donors (Lipinski definition) is 2. The number of nitrogens with zero attached hydrogens (tertiary/aromatic N) is 1. The maximum Gasteiger partial charge on any atom is 0.258 e. The fraction of sp³-hybridized carbons (Fsp3) is 0.250. The Morgan fingerprint density at radius 3 is 2.26 bits per heavy atom. The van der Waals surface area contributed by atoms with Gasteiger partial charge >= 0.3 is 0 Å². The van der Waals surface area contributed by atoms with Crippen molar-refractivity contribution in [3.8, 4) is 0 Å². The zero-order valence-corrected chi connectivity index (χ0v) is 19.7. The smallest absolute Gasteiger partial charge is 0.258 e. The first-order chi connectivity index (χ1) is 16.3. The maximum absolute atomic E-state index is 13.0. The van der Waals surface area contributed by atoms with Gasteiger partial charge in [0.2, 0.25) is 5.91 Å². The van der Waals surface area contributed by atoms with Crippen LogP contribution in [0.1, 0.15) is 45.7 Å². The van der Waals surface area contributed by atoms with Crippen LogP contribution >= 0.6 is 0 Å². The second-order valence-electron chi connectivity index (χ2n) is 8.91. The van der Waals surface area contributed by atoms with Crippen LogP contribution in [0.3, 0.4) is 0 Å². The summed E-state index contributed by atoms with van der Waals surface area (Å²) >= 11 is 0. The number of aryl methyl sites for hydroxylation is 1. The van der Waals surface area contributed by atoms with Crippen molar-refractivity contribution in [2.24, 2.45) is 5.92 Å². The number of para-hydroxylation sites is 1. The van der Waals surface area contributed by atoms with Crippen molar-refractivity contribution in [3.63, 3.8) is 0 Å². The second kappa shape index (κ2) is 9.91. The fourth-order valence-electron chi connectivity index (χ4n) is 4.20. The van der Waals surface area contributed by atoms with Crippen LogP contribution in [0.5, 0.6) is 0 Å². The number of carbonyl (C=O) groups excluding carboxylic acids is 3. The van der Waals surface area contributed by atoms with Gasteiger partial charge in [0.1, 0.15) is 6.04 Å². The van der Waals surface area contributed by atoms with Gasteiger partial charge in [0, 0.05) is 29.0 Å². The summed E-state index contributed by atoms with van der Waals surface area (Å²) in [6.07, 6.45) is 0.848. The van der Waals surface area contributed by atoms with Crippen molar-refractivity contribution in [1.29, 1.82) is 0 Å². The van der Waals surface area contributed by atoms with Gasteiger partial charge in [-0.25, -0.2) is 0 Å². The monoisotopic (exact) mass is 455 g/mol. The van der Waals surface area contributed by atoms with Gasteiger partial charge in [-0.05, 0) is 66.8 Å². The molecule has 1 aliphatic rings. The molecule has 1 heterocycles. The minimum Gasteiger partial charge on any atom is -0.340 e. The molecular weight excluding hydrogens is 426 g/mol. The average Bonchev–Trinajstić information content (AvgIpc) is 3.26. The molecule has 4 rings (SSSR count). The van der Waals surface area contributed by atoms with E-state index in [0.717, 1.165) is 17.7 Å². The molecule has 6 nitrogen and oxygen atoms in total. The highest BCUT2D eigenvalue weighted by Gasteiger charge is 2.27. The Bertz CT molecular complexity index is 1220. The molecule has 2 N–H and O–H groups in total. The van der Waals surface area contributed by atoms with Crippen molar-refractivity contribution in [2.45, 2.75) is 33.2 Å². The lowest BCUT2D eigenvalue weighted by Gasteiger charge is -2.22. The molecule has 0 saturated carbocycles. The predicted molar refractivity (Wildman–Crippen MR) is 134 cm³/mol. The number of nitrogens with one attached hydrogen (secondary N) is 2. The third kappa shape index (κ3) is 4.86. The zero-order chi connectivity index (χ0) is 24.2. The topological polar surface area (TPSA) is 78.5 Å². The molecule has 3 amide bonds. The predicted octanol–water partition coefficient (Wildman–Crippen LogP) is 4.59. The molecule has 174 valence electrons. The van der Waals surface area contributed by atoms with Gasteiger partial charge in [-0.3, -0.25) is 14.4 Å². The molecule has 0 fully saturated rings. The molecule has 1 unspecified atom stereocenters. The number of fused-ring (bicyclic) bond motifs is 1. The van der Waals surface area contributed by atoms with E-state index in [9.17, 15) is 14.4 Å². The van der Waals surface area contributed by atoms with Crippen LogP contribution < -0.4 is 15.5 Å². The van der Waals surface area contributed by atoms with Crippen molar-refractivity contribution in [2.75, 3.05) is 16.8 Å². The standard InChI is InChI=1S/C28H29N3O3/c1-18(2)25(30-26(32)23-10-6-4-8-19(23)3)27(33)29-22-14-12-21(13-15-22)28(34)31-17-16-20-9-5-7-11-24(20)31/h4-15,18,25H,16-17H2,1-3H3,(H,29,33)(H,30,32). The van der Waals surface area contributed by atoms with Gasteiger partial charge in [-0.15, -0.1) is 0 Å². The number of anilines is 2. The highest BCUT2D eigenvalue weighted by Crippen LogP contribution is 2.29. The summed E-state index contributed by atoms with van der Waals surface area (Å²) in [5.74, 6) is -0.749. The molecular formula is C28H29N3O3. The molecule has 0 aliphatic carbocycles. The Kier molecular flexibility index (Phi) is 6.77. The number of benzene rings is 3. The molecule has 1 atom stereocenters. The average molecular weight is 456 g/mol. The van der Waals surface area contributed by atoms with Crippen LogP contribution in [-0.2, 0) is 11.2 Å². The van der Waals surface area contributed by atoms with Gasteiger partial charge in [0.25, 0.3) is 11.8 Å². The first kappa shape index (κ1) is 23.2. The second-order valence-corrected chi connectivity index (χ2v) is 8.91. The Balaban J connectivity index is 1.42. The maximum atomic E-state index is 13.0. The third-order valence-electron chi connectivity index (χ3n) is 6.16. The van der Waals surface area contributed by atoms with Crippen LogP contribution in [0, 0.1) is 12.8 Å². The minimum absolute atomic E-state index is 0.0617. The van der Waals surface area contributed by atoms with E-state index in [2.05, 4.69) is 10.6 Å². The molecule has 3 aromatic carbocycles. The summed E-state index contributed by atoms with van der Waals surface area (Å²) in [5, 5.41) is 5.73. The number of carbonyl (C=O) groups is 3. The highest BCUT2D eigenvalue weighted by molar-refractivity contribution is 6.08. The number of rotatable bonds is 6. The first-order valence-corrected chi connectivity index (χ1v) is 11.5. The van der Waals surface area contributed by atoms with E-state index in [1.165, 1.54) is 5.56 Å². The molecule has 6 heteroatoms. The summed E-state index contributed by atoms with van der Waals surface area (Å²) < 4.78 is 0. The first-order valence-electron chi connectivity index (χ1n) is 11.5. The Labute approximate surface area is 200 Å². The van der Waals surface area contributed by atoms with Crippen LogP contribution in [0.25, 0.3) is 0 Å². The van der Waals surface area contributed by atoms with Crippen molar-refractivity contribution in [3.05, 3.63) is 95.1 Å². The largest absolute Gasteiger partial charge is 0.340 e. The summed E-state index contributed by atoms with van der Waals surface area (Å²) in [6, 6.07) is 21.4. The summed E-state index contributed by atoms with van der Waals surface area (Å²) in [7, 11) is 0. The van der Waals surface area contributed by atoms with Crippen LogP contribution in [-0.4, -0.2) is 30.3 Å². The molecule has 0 saturated heterocycles. The number of amides is 3. The van der Waals surface area contributed by atoms with E-state index in [4.69, 9.17) is 0 Å². The molecule has 0 radical (unpaired) electrons. The van der Waals surface area contributed by atoms with Crippen molar-refractivity contribution >= 4 is 29.1 Å². The Morgan fingerprint density at radius 1 is 0.882 bits per heavy atom. The van der Waals surface area contributed by atoms with E-state index in [0.29, 0.717) is 23.4 Å². The number of hydrogen-bond acceptors (Lipinski definition) is 3. The molecule has 34 heavy (non-hydrogen) atoms. The van der Waals surface area contributed by atoms with Crippen LogP contribution in [0.4, 0.5) is 11.4 Å². The van der Waals surface area contributed by atoms with Gasteiger partial charge in [0.15, 0.2) is 0 Å². The SMILES string of the molecule is Cc1ccccc1C(=O)NC(C(=O)Nc1ccc(C(=O)N2CCc3ccccc32)cc1)C(C)C. The summed E-state index contributed by atoms with van der Waals surface area (Å²) in [5.41, 5.74) is 4.65. The lowest BCUT2D eigenvalue weighted by Crippen LogP contribution is -2.47. The van der Waals surface area contributed by atoms with E-state index >= 15 is 0 Å². The molecule has 0 aromatic heterocycles. The van der Waals surface area contributed by atoms with Gasteiger partial charge < -0.3 is 15.5 Å². The Hall–Kier alpha value is -3.93. The van der Waals surface area contributed by atoms with Crippen LogP contribution in [0.15, 0.2) is 72.8 Å². The van der Waals surface area contributed by atoms with Crippen LogP contribution in [0.2, 0.25) is 0 Å². The highest BCUT2D eigenvalue weighted by atomic mass is 16.2. The van der Waals surface area contributed by atoms with Crippen molar-refractivity contribution < 1.29 is 14.4 Å². The van der Waals surface area contributed by atoms with Gasteiger partial charge in [-0.2, -0.15) is 0 Å². The molecule has 3 aromatic rings. The minimum atomic E-state index is -0.700. The van der Waals surface area contributed by atoms with E-state index in [-0.39, 0.29) is 23.6 Å². The Morgan fingerprint density at radius 2 is 1.56 bits per heavy atom. The quantitative estimate of drug-likeness (QED) is 0.571. The fourth-order valence-corrected chi connectivity index (χ4v) is 4.20. The zero-order valence-electron chi connectivity index (χ0n) is 19.7. The van der Waals surface area contributed by atoms with Crippen molar-refractivity contribution in [1.82, 2.24) is 5.32 Å².